The molecule has 1 heterocycles. The third kappa shape index (κ3) is 4.05. The van der Waals surface area contributed by atoms with Crippen molar-refractivity contribution in [2.24, 2.45) is 0 Å². The van der Waals surface area contributed by atoms with E-state index in [9.17, 15) is 14.9 Å². The number of amides is 1. The van der Waals surface area contributed by atoms with Crippen molar-refractivity contribution in [1.82, 2.24) is 0 Å². The first-order valence-electron chi connectivity index (χ1n) is 8.07. The molecule has 0 fully saturated rings. The van der Waals surface area contributed by atoms with Crippen molar-refractivity contribution in [3.8, 4) is 11.5 Å². The molecule has 2 aromatic carbocycles. The maximum Gasteiger partial charge on any atom is 0.271 e. The van der Waals surface area contributed by atoms with Crippen molar-refractivity contribution < 1.29 is 19.2 Å². The van der Waals surface area contributed by atoms with Gasteiger partial charge in [-0.1, -0.05) is 17.7 Å². The molecule has 0 aromatic heterocycles. The first-order valence-corrected chi connectivity index (χ1v) is 8.45. The number of nitrogens with one attached hydrogen (secondary N) is 1. The lowest BCUT2D eigenvalue weighted by atomic mass is 10.1. The van der Waals surface area contributed by atoms with Crippen LogP contribution in [0.2, 0.25) is 5.02 Å². The van der Waals surface area contributed by atoms with E-state index in [1.165, 1.54) is 12.1 Å². The predicted octanol–water partition coefficient (Wildman–Crippen LogP) is 3.90. The SMILES string of the molecule is Cc1ccc([N+](=O)[O-])cc1NC(=O)Cc1cc(Cl)c2c(c1)OCCCO2. The van der Waals surface area contributed by atoms with Gasteiger partial charge in [-0.25, -0.2) is 0 Å². The molecule has 0 bridgehead atoms. The van der Waals surface area contributed by atoms with Gasteiger partial charge in [0.2, 0.25) is 5.91 Å². The van der Waals surface area contributed by atoms with Crippen molar-refractivity contribution in [2.75, 3.05) is 18.5 Å². The van der Waals surface area contributed by atoms with Crippen molar-refractivity contribution >= 4 is 28.9 Å². The number of aryl methyl sites for hydroxylation is 1. The molecular weight excluding hydrogens is 360 g/mol. The topological polar surface area (TPSA) is 90.7 Å². The summed E-state index contributed by atoms with van der Waals surface area (Å²) < 4.78 is 11.2. The second-order valence-corrected chi connectivity index (χ2v) is 6.34. The number of fused-ring (bicyclic) bond motifs is 1. The lowest BCUT2D eigenvalue weighted by molar-refractivity contribution is -0.384. The zero-order valence-corrected chi connectivity index (χ0v) is 14.8. The Morgan fingerprint density at radius 2 is 2.04 bits per heavy atom. The molecule has 3 rings (SSSR count). The fraction of sp³-hybridized carbons (Fsp3) is 0.278. The molecule has 26 heavy (non-hydrogen) atoms. The molecule has 7 nitrogen and oxygen atoms in total. The van der Waals surface area contributed by atoms with Crippen LogP contribution in [0.3, 0.4) is 0 Å². The van der Waals surface area contributed by atoms with Crippen LogP contribution < -0.4 is 14.8 Å². The molecule has 8 heteroatoms. The summed E-state index contributed by atoms with van der Waals surface area (Å²) in [6, 6.07) is 7.72. The highest BCUT2D eigenvalue weighted by molar-refractivity contribution is 6.32. The normalized spacial score (nSPS) is 13.0. The number of carbonyl (C=O) groups is 1. The van der Waals surface area contributed by atoms with Crippen LogP contribution in [0.4, 0.5) is 11.4 Å². The number of nitrogens with zero attached hydrogens (tertiary/aromatic N) is 1. The maximum absolute atomic E-state index is 12.4. The lowest BCUT2D eigenvalue weighted by Crippen LogP contribution is -2.15. The predicted molar refractivity (Wildman–Crippen MR) is 97.2 cm³/mol. The highest BCUT2D eigenvalue weighted by atomic mass is 35.5. The maximum atomic E-state index is 12.4. The first kappa shape index (κ1) is 18.0. The number of halogens is 1. The summed E-state index contributed by atoms with van der Waals surface area (Å²) in [6.45, 7) is 2.81. The van der Waals surface area contributed by atoms with E-state index >= 15 is 0 Å². The molecule has 0 unspecified atom stereocenters. The summed E-state index contributed by atoms with van der Waals surface area (Å²) in [5.41, 5.74) is 1.73. The number of non-ortho nitro benzene ring substituents is 1. The highest BCUT2D eigenvalue weighted by Gasteiger charge is 2.17. The summed E-state index contributed by atoms with van der Waals surface area (Å²) in [5, 5.41) is 14.0. The van der Waals surface area contributed by atoms with Gasteiger partial charge in [0.05, 0.1) is 35.3 Å². The molecular formula is C18H17ClN2O5. The summed E-state index contributed by atoms with van der Waals surface area (Å²) in [5.74, 6) is 0.700. The highest BCUT2D eigenvalue weighted by Crippen LogP contribution is 2.38. The van der Waals surface area contributed by atoms with Gasteiger partial charge in [0, 0.05) is 18.6 Å². The van der Waals surface area contributed by atoms with Crippen LogP contribution in [0.15, 0.2) is 30.3 Å². The van der Waals surface area contributed by atoms with E-state index < -0.39 is 4.92 Å². The van der Waals surface area contributed by atoms with Gasteiger partial charge in [-0.2, -0.15) is 0 Å². The Morgan fingerprint density at radius 1 is 1.27 bits per heavy atom. The van der Waals surface area contributed by atoms with Crippen LogP contribution in [0.1, 0.15) is 17.5 Å². The molecule has 0 aliphatic carbocycles. The van der Waals surface area contributed by atoms with Crippen LogP contribution in [-0.4, -0.2) is 24.0 Å². The number of rotatable bonds is 4. The van der Waals surface area contributed by atoms with Crippen LogP contribution >= 0.6 is 11.6 Å². The molecule has 0 radical (unpaired) electrons. The van der Waals surface area contributed by atoms with Crippen molar-refractivity contribution in [3.05, 3.63) is 56.6 Å². The van der Waals surface area contributed by atoms with Gasteiger partial charge >= 0.3 is 0 Å². The monoisotopic (exact) mass is 376 g/mol. The van der Waals surface area contributed by atoms with E-state index in [0.29, 0.717) is 41.0 Å². The second-order valence-electron chi connectivity index (χ2n) is 5.94. The average molecular weight is 377 g/mol. The van der Waals surface area contributed by atoms with Gasteiger partial charge in [-0.05, 0) is 30.2 Å². The smallest absolute Gasteiger partial charge is 0.271 e. The number of nitro groups is 1. The summed E-state index contributed by atoms with van der Waals surface area (Å²) in [4.78, 5) is 22.8. The third-order valence-electron chi connectivity index (χ3n) is 3.93. The van der Waals surface area contributed by atoms with Gasteiger partial charge in [0.15, 0.2) is 11.5 Å². The Morgan fingerprint density at radius 3 is 2.81 bits per heavy atom. The van der Waals surface area contributed by atoms with E-state index in [2.05, 4.69) is 5.32 Å². The minimum atomic E-state index is -0.501. The largest absolute Gasteiger partial charge is 0.489 e. The Hall–Kier alpha value is -2.80. The molecule has 0 saturated heterocycles. The quantitative estimate of drug-likeness (QED) is 0.645. The van der Waals surface area contributed by atoms with E-state index in [1.54, 1.807) is 25.1 Å². The number of hydrogen-bond acceptors (Lipinski definition) is 5. The van der Waals surface area contributed by atoms with Crippen LogP contribution in [0.25, 0.3) is 0 Å². The zero-order valence-electron chi connectivity index (χ0n) is 14.1. The zero-order chi connectivity index (χ0) is 18.7. The minimum Gasteiger partial charge on any atom is -0.489 e. The molecule has 1 aliphatic heterocycles. The van der Waals surface area contributed by atoms with Crippen LogP contribution in [0, 0.1) is 17.0 Å². The minimum absolute atomic E-state index is 0.0541. The van der Waals surface area contributed by atoms with E-state index in [1.807, 2.05) is 0 Å². The van der Waals surface area contributed by atoms with Gasteiger partial charge in [-0.15, -0.1) is 0 Å². The van der Waals surface area contributed by atoms with Crippen molar-refractivity contribution in [2.45, 2.75) is 19.8 Å². The molecule has 1 amide bonds. The van der Waals surface area contributed by atoms with Gasteiger partial charge in [-0.3, -0.25) is 14.9 Å². The summed E-state index contributed by atoms with van der Waals surface area (Å²) >= 11 is 6.23. The molecule has 0 atom stereocenters. The number of ether oxygens (including phenoxy) is 2. The van der Waals surface area contributed by atoms with Crippen molar-refractivity contribution in [1.29, 1.82) is 0 Å². The number of anilines is 1. The first-order chi connectivity index (χ1) is 12.4. The fourth-order valence-electron chi connectivity index (χ4n) is 2.62. The molecule has 2 aromatic rings. The van der Waals surface area contributed by atoms with E-state index in [0.717, 1.165) is 12.0 Å². The average Bonchev–Trinajstić information content (AvgIpc) is 2.82. The number of hydrogen-bond donors (Lipinski definition) is 1. The number of benzene rings is 2. The molecule has 0 spiro atoms. The van der Waals surface area contributed by atoms with Crippen LogP contribution in [-0.2, 0) is 11.2 Å². The van der Waals surface area contributed by atoms with Gasteiger partial charge in [0.25, 0.3) is 5.69 Å². The summed E-state index contributed by atoms with van der Waals surface area (Å²) in [7, 11) is 0. The molecule has 1 N–H and O–H groups in total. The Balaban J connectivity index is 1.77. The molecule has 0 saturated carbocycles. The molecule has 136 valence electrons. The Kier molecular flexibility index (Phi) is 5.27. The van der Waals surface area contributed by atoms with Gasteiger partial charge < -0.3 is 14.8 Å². The molecule has 1 aliphatic rings. The standard InChI is InChI=1S/C18H17ClN2O5/c1-11-3-4-13(21(23)24)10-15(11)20-17(22)9-12-7-14(19)18-16(8-12)25-5-2-6-26-18/h3-4,7-8,10H,2,5-6,9H2,1H3,(H,20,22). The number of carbonyl (C=O) groups excluding carboxylic acids is 1. The van der Waals surface area contributed by atoms with Crippen molar-refractivity contribution in [3.63, 3.8) is 0 Å². The van der Waals surface area contributed by atoms with Crippen LogP contribution in [0.5, 0.6) is 11.5 Å². The van der Waals surface area contributed by atoms with Gasteiger partial charge in [0.1, 0.15) is 0 Å². The second kappa shape index (κ2) is 7.61. The lowest BCUT2D eigenvalue weighted by Gasteiger charge is -2.12. The Bertz CT molecular complexity index is 869. The van der Waals surface area contributed by atoms with E-state index in [4.69, 9.17) is 21.1 Å². The Labute approximate surface area is 155 Å². The van der Waals surface area contributed by atoms with E-state index in [-0.39, 0.29) is 18.0 Å². The summed E-state index contributed by atoms with van der Waals surface area (Å²) in [6.07, 6.45) is 0.811. The fourth-order valence-corrected chi connectivity index (χ4v) is 2.91. The number of nitro benzene ring substituents is 1. The third-order valence-corrected chi connectivity index (χ3v) is 4.21.